The van der Waals surface area contributed by atoms with Gasteiger partial charge in [-0.25, -0.2) is 0 Å². The number of carbonyl (C=O) groups is 1. The number of nitrogens with zero attached hydrogens (tertiary/aromatic N) is 1. The molecule has 15 heavy (non-hydrogen) atoms. The van der Waals surface area contributed by atoms with Crippen molar-refractivity contribution < 1.29 is 4.79 Å². The molecule has 0 rings (SSSR count). The third kappa shape index (κ3) is 6.47. The molecule has 4 nitrogen and oxygen atoms in total. The number of carbonyl (C=O) groups excluding carboxylic acids is 1. The van der Waals surface area contributed by atoms with Gasteiger partial charge in [0.15, 0.2) is 0 Å². The molecule has 0 aliphatic rings. The van der Waals surface area contributed by atoms with Gasteiger partial charge in [-0.3, -0.25) is 4.79 Å². The zero-order chi connectivity index (χ0) is 11.8. The topological polar surface area (TPSA) is 58.4 Å². The van der Waals surface area contributed by atoms with Crippen molar-refractivity contribution in [2.75, 3.05) is 27.2 Å². The van der Waals surface area contributed by atoms with Crippen molar-refractivity contribution in [1.82, 2.24) is 10.2 Å². The van der Waals surface area contributed by atoms with Gasteiger partial charge in [0.1, 0.15) is 0 Å². The Morgan fingerprint density at radius 1 is 1.47 bits per heavy atom. The standard InChI is InChI=1S/C11H25N3O/c1-5-9(2)10(12)11(15)13-7-6-8-14(3)4/h9-10H,5-8,12H2,1-4H3,(H,13,15)/t9-,10-/m0/s1. The van der Waals surface area contributed by atoms with Gasteiger partial charge in [-0.05, 0) is 33.0 Å². The largest absolute Gasteiger partial charge is 0.355 e. The van der Waals surface area contributed by atoms with E-state index in [2.05, 4.69) is 10.2 Å². The molecular formula is C11H25N3O. The van der Waals surface area contributed by atoms with E-state index >= 15 is 0 Å². The molecule has 0 bridgehead atoms. The molecular weight excluding hydrogens is 190 g/mol. The van der Waals surface area contributed by atoms with E-state index in [4.69, 9.17) is 5.73 Å². The average Bonchev–Trinajstić information content (AvgIpc) is 2.21. The molecule has 0 spiro atoms. The molecule has 0 unspecified atom stereocenters. The summed E-state index contributed by atoms with van der Waals surface area (Å²) >= 11 is 0. The minimum absolute atomic E-state index is 0.0249. The highest BCUT2D eigenvalue weighted by atomic mass is 16.2. The average molecular weight is 215 g/mol. The molecule has 0 radical (unpaired) electrons. The molecule has 3 N–H and O–H groups in total. The minimum Gasteiger partial charge on any atom is -0.355 e. The molecule has 0 aromatic rings. The van der Waals surface area contributed by atoms with Crippen molar-refractivity contribution in [2.24, 2.45) is 11.7 Å². The Balaban J connectivity index is 3.65. The van der Waals surface area contributed by atoms with Gasteiger partial charge in [0.05, 0.1) is 6.04 Å². The molecule has 0 aliphatic carbocycles. The number of hydrogen-bond donors (Lipinski definition) is 2. The van der Waals surface area contributed by atoms with Crippen molar-refractivity contribution in [3.8, 4) is 0 Å². The number of amides is 1. The summed E-state index contributed by atoms with van der Waals surface area (Å²) in [5.74, 6) is 0.224. The minimum atomic E-state index is -0.366. The molecule has 2 atom stereocenters. The van der Waals surface area contributed by atoms with E-state index in [1.54, 1.807) is 0 Å². The molecule has 90 valence electrons. The van der Waals surface area contributed by atoms with Crippen LogP contribution in [0.4, 0.5) is 0 Å². The highest BCUT2D eigenvalue weighted by Gasteiger charge is 2.18. The van der Waals surface area contributed by atoms with Gasteiger partial charge >= 0.3 is 0 Å². The second kappa shape index (κ2) is 7.65. The van der Waals surface area contributed by atoms with Gasteiger partial charge in [0, 0.05) is 6.54 Å². The Kier molecular flexibility index (Phi) is 7.34. The maximum Gasteiger partial charge on any atom is 0.237 e. The highest BCUT2D eigenvalue weighted by Crippen LogP contribution is 2.04. The quantitative estimate of drug-likeness (QED) is 0.605. The number of nitrogens with one attached hydrogen (secondary N) is 1. The van der Waals surface area contributed by atoms with Crippen LogP contribution >= 0.6 is 0 Å². The predicted octanol–water partition coefficient (Wildman–Crippen LogP) is 0.428. The summed E-state index contributed by atoms with van der Waals surface area (Å²) in [6.07, 6.45) is 1.90. The lowest BCUT2D eigenvalue weighted by molar-refractivity contribution is -0.123. The first-order valence-electron chi connectivity index (χ1n) is 5.67. The number of rotatable bonds is 7. The molecule has 1 amide bonds. The third-order valence-corrected chi connectivity index (χ3v) is 2.64. The molecule has 0 fully saturated rings. The second-order valence-electron chi connectivity index (χ2n) is 4.36. The van der Waals surface area contributed by atoms with Crippen LogP contribution in [0.25, 0.3) is 0 Å². The van der Waals surface area contributed by atoms with E-state index in [0.717, 1.165) is 19.4 Å². The van der Waals surface area contributed by atoms with Crippen LogP contribution in [0.1, 0.15) is 26.7 Å². The van der Waals surface area contributed by atoms with Gasteiger partial charge in [-0.15, -0.1) is 0 Å². The van der Waals surface area contributed by atoms with E-state index in [-0.39, 0.29) is 17.9 Å². The van der Waals surface area contributed by atoms with Crippen molar-refractivity contribution in [1.29, 1.82) is 0 Å². The lowest BCUT2D eigenvalue weighted by Gasteiger charge is -2.18. The summed E-state index contributed by atoms with van der Waals surface area (Å²) in [5, 5.41) is 2.86. The Labute approximate surface area is 93.2 Å². The third-order valence-electron chi connectivity index (χ3n) is 2.64. The van der Waals surface area contributed by atoms with Crippen LogP contribution in [0.15, 0.2) is 0 Å². The molecule has 0 aromatic heterocycles. The normalized spacial score (nSPS) is 15.1. The van der Waals surface area contributed by atoms with Gasteiger partial charge < -0.3 is 16.0 Å². The molecule has 0 aliphatic heterocycles. The summed E-state index contributed by atoms with van der Waals surface area (Å²) < 4.78 is 0. The fourth-order valence-electron chi connectivity index (χ4n) is 1.24. The van der Waals surface area contributed by atoms with E-state index in [0.29, 0.717) is 6.54 Å². The summed E-state index contributed by atoms with van der Waals surface area (Å²) in [7, 11) is 4.04. The van der Waals surface area contributed by atoms with Gasteiger partial charge in [-0.1, -0.05) is 20.3 Å². The van der Waals surface area contributed by atoms with E-state index in [9.17, 15) is 4.79 Å². The highest BCUT2D eigenvalue weighted by molar-refractivity contribution is 5.81. The van der Waals surface area contributed by atoms with Crippen LogP contribution < -0.4 is 11.1 Å². The Bertz CT molecular complexity index is 183. The van der Waals surface area contributed by atoms with Crippen LogP contribution in [-0.2, 0) is 4.79 Å². The van der Waals surface area contributed by atoms with Crippen LogP contribution in [0.5, 0.6) is 0 Å². The molecule has 0 aromatic carbocycles. The first kappa shape index (κ1) is 14.4. The van der Waals surface area contributed by atoms with Gasteiger partial charge in [0.25, 0.3) is 0 Å². The molecule has 4 heteroatoms. The van der Waals surface area contributed by atoms with Crippen molar-refractivity contribution in [2.45, 2.75) is 32.7 Å². The molecule has 0 heterocycles. The van der Waals surface area contributed by atoms with Crippen LogP contribution in [-0.4, -0.2) is 44.0 Å². The fraction of sp³-hybridized carbons (Fsp3) is 0.909. The zero-order valence-electron chi connectivity index (χ0n) is 10.4. The number of hydrogen-bond acceptors (Lipinski definition) is 3. The Morgan fingerprint density at radius 2 is 2.07 bits per heavy atom. The first-order valence-corrected chi connectivity index (χ1v) is 5.67. The van der Waals surface area contributed by atoms with E-state index in [1.807, 2.05) is 27.9 Å². The van der Waals surface area contributed by atoms with Gasteiger partial charge in [-0.2, -0.15) is 0 Å². The van der Waals surface area contributed by atoms with Gasteiger partial charge in [0.2, 0.25) is 5.91 Å². The maximum atomic E-state index is 11.5. The van der Waals surface area contributed by atoms with E-state index in [1.165, 1.54) is 0 Å². The Morgan fingerprint density at radius 3 is 2.53 bits per heavy atom. The van der Waals surface area contributed by atoms with Crippen LogP contribution in [0.3, 0.4) is 0 Å². The lowest BCUT2D eigenvalue weighted by Crippen LogP contribution is -2.45. The van der Waals surface area contributed by atoms with Crippen LogP contribution in [0.2, 0.25) is 0 Å². The summed E-state index contributed by atoms with van der Waals surface area (Å²) in [6, 6.07) is -0.366. The van der Waals surface area contributed by atoms with Crippen LogP contribution in [0, 0.1) is 5.92 Å². The Hall–Kier alpha value is -0.610. The summed E-state index contributed by atoms with van der Waals surface area (Å²) in [5.41, 5.74) is 5.79. The first-order chi connectivity index (χ1) is 6.99. The monoisotopic (exact) mass is 215 g/mol. The second-order valence-corrected chi connectivity index (χ2v) is 4.36. The molecule has 0 saturated heterocycles. The number of nitrogens with two attached hydrogens (primary N) is 1. The SMILES string of the molecule is CC[C@H](C)[C@H](N)C(=O)NCCCN(C)C. The van der Waals surface area contributed by atoms with Crippen molar-refractivity contribution in [3.05, 3.63) is 0 Å². The van der Waals surface area contributed by atoms with Crippen molar-refractivity contribution >= 4 is 5.91 Å². The lowest BCUT2D eigenvalue weighted by atomic mass is 9.99. The predicted molar refractivity (Wildman–Crippen MR) is 63.6 cm³/mol. The molecule has 0 saturated carbocycles. The van der Waals surface area contributed by atoms with Crippen molar-refractivity contribution in [3.63, 3.8) is 0 Å². The maximum absolute atomic E-state index is 11.5. The van der Waals surface area contributed by atoms with E-state index < -0.39 is 0 Å². The summed E-state index contributed by atoms with van der Waals surface area (Å²) in [6.45, 7) is 5.74. The smallest absolute Gasteiger partial charge is 0.237 e. The zero-order valence-corrected chi connectivity index (χ0v) is 10.4. The summed E-state index contributed by atoms with van der Waals surface area (Å²) in [4.78, 5) is 13.6. The fourth-order valence-corrected chi connectivity index (χ4v) is 1.24.